The van der Waals surface area contributed by atoms with Crippen LogP contribution in [0.15, 0.2) is 36.7 Å². The number of rotatable bonds is 6. The minimum atomic E-state index is -3.03. The van der Waals surface area contributed by atoms with Gasteiger partial charge in [0.1, 0.15) is 0 Å². The van der Waals surface area contributed by atoms with Gasteiger partial charge in [0.2, 0.25) is 0 Å². The summed E-state index contributed by atoms with van der Waals surface area (Å²) >= 11 is 0. The van der Waals surface area contributed by atoms with Crippen LogP contribution < -0.4 is 10.1 Å². The lowest BCUT2D eigenvalue weighted by atomic mass is 10.2. The lowest BCUT2D eigenvalue weighted by Crippen LogP contribution is -2.04. The zero-order valence-corrected chi connectivity index (χ0v) is 10.9. The van der Waals surface area contributed by atoms with Gasteiger partial charge in [-0.25, -0.2) is 4.39 Å². The Labute approximate surface area is 115 Å². The molecule has 1 aromatic heterocycles. The van der Waals surface area contributed by atoms with Crippen molar-refractivity contribution < 1.29 is 17.9 Å². The largest absolute Gasteiger partial charge is 0.432 e. The first-order chi connectivity index (χ1) is 9.58. The Balaban J connectivity index is 1.97. The molecule has 0 unspecified atom stereocenters. The third-order valence-electron chi connectivity index (χ3n) is 2.82. The molecule has 0 radical (unpaired) electrons. The van der Waals surface area contributed by atoms with E-state index >= 15 is 0 Å². The summed E-state index contributed by atoms with van der Waals surface area (Å²) in [5.41, 5.74) is 1.56. The van der Waals surface area contributed by atoms with Gasteiger partial charge in [-0.1, -0.05) is 0 Å². The van der Waals surface area contributed by atoms with Gasteiger partial charge in [0.05, 0.1) is 0 Å². The number of aromatic nitrogens is 1. The predicted octanol–water partition coefficient (Wildman–Crippen LogP) is 3.86. The molecule has 0 amide bonds. The Morgan fingerprint density at radius 2 is 2.10 bits per heavy atom. The van der Waals surface area contributed by atoms with Gasteiger partial charge in [-0.3, -0.25) is 0 Å². The summed E-state index contributed by atoms with van der Waals surface area (Å²) in [6, 6.07) is 5.77. The number of nitrogens with zero attached hydrogens (tertiary/aromatic N) is 1. The second kappa shape index (κ2) is 6.36. The number of halogens is 3. The molecule has 0 bridgehead atoms. The number of benzene rings is 1. The van der Waals surface area contributed by atoms with Crippen molar-refractivity contribution in [2.45, 2.75) is 26.6 Å². The maximum atomic E-state index is 13.5. The molecule has 0 spiro atoms. The third kappa shape index (κ3) is 3.69. The number of nitrogens with one attached hydrogen (secondary N) is 1. The van der Waals surface area contributed by atoms with Gasteiger partial charge in [-0.05, 0) is 30.7 Å². The molecule has 3 nitrogen and oxygen atoms in total. The fraction of sp³-hybridized carbons (Fsp3) is 0.286. The van der Waals surface area contributed by atoms with Crippen LogP contribution in [0.25, 0.3) is 0 Å². The molecular formula is C14H15F3N2O. The highest BCUT2D eigenvalue weighted by molar-refractivity contribution is 5.47. The number of alkyl halides is 2. The highest BCUT2D eigenvalue weighted by Gasteiger charge is 2.10. The van der Waals surface area contributed by atoms with E-state index in [0.29, 0.717) is 12.2 Å². The molecule has 1 aromatic carbocycles. The van der Waals surface area contributed by atoms with Crippen LogP contribution in [0.1, 0.15) is 12.5 Å². The minimum absolute atomic E-state index is 0.456. The van der Waals surface area contributed by atoms with Crippen molar-refractivity contribution in [3.8, 4) is 5.75 Å². The molecule has 6 heteroatoms. The second-order valence-electron chi connectivity index (χ2n) is 4.23. The van der Waals surface area contributed by atoms with Crippen molar-refractivity contribution in [2.75, 3.05) is 5.32 Å². The molecule has 0 saturated heterocycles. The molecule has 20 heavy (non-hydrogen) atoms. The predicted molar refractivity (Wildman–Crippen MR) is 70.5 cm³/mol. The number of anilines is 1. The van der Waals surface area contributed by atoms with Gasteiger partial charge in [0, 0.05) is 37.2 Å². The Hall–Kier alpha value is -2.11. The molecule has 1 N–H and O–H groups in total. The summed E-state index contributed by atoms with van der Waals surface area (Å²) in [4.78, 5) is 0. The average molecular weight is 284 g/mol. The van der Waals surface area contributed by atoms with E-state index in [9.17, 15) is 13.2 Å². The van der Waals surface area contributed by atoms with E-state index in [2.05, 4.69) is 10.1 Å². The number of hydrogen-bond acceptors (Lipinski definition) is 2. The molecule has 0 aliphatic heterocycles. The van der Waals surface area contributed by atoms with Crippen LogP contribution in [0, 0.1) is 5.82 Å². The third-order valence-corrected chi connectivity index (χ3v) is 2.82. The molecule has 2 rings (SSSR count). The quantitative estimate of drug-likeness (QED) is 0.871. The SMILES string of the molecule is CCn1ccc(CNc2ccc(OC(F)F)c(F)c2)c1. The molecular weight excluding hydrogens is 269 g/mol. The molecule has 0 aliphatic carbocycles. The minimum Gasteiger partial charge on any atom is -0.432 e. The van der Waals surface area contributed by atoms with E-state index in [0.717, 1.165) is 18.2 Å². The first-order valence-electron chi connectivity index (χ1n) is 6.21. The molecule has 0 saturated carbocycles. The zero-order valence-electron chi connectivity index (χ0n) is 10.9. The van der Waals surface area contributed by atoms with Crippen LogP contribution in [0.3, 0.4) is 0 Å². The van der Waals surface area contributed by atoms with E-state index in [-0.39, 0.29) is 0 Å². The summed E-state index contributed by atoms with van der Waals surface area (Å²) in [5.74, 6) is -1.27. The lowest BCUT2D eigenvalue weighted by Gasteiger charge is -2.09. The highest BCUT2D eigenvalue weighted by Crippen LogP contribution is 2.23. The maximum Gasteiger partial charge on any atom is 0.387 e. The van der Waals surface area contributed by atoms with Crippen LogP contribution in [0.4, 0.5) is 18.9 Å². The zero-order chi connectivity index (χ0) is 14.5. The van der Waals surface area contributed by atoms with Crippen molar-refractivity contribution >= 4 is 5.69 Å². The summed E-state index contributed by atoms with van der Waals surface area (Å²) in [6.45, 7) is 0.418. The summed E-state index contributed by atoms with van der Waals surface area (Å²) in [5, 5.41) is 3.02. The number of aryl methyl sites for hydroxylation is 1. The van der Waals surface area contributed by atoms with Crippen molar-refractivity contribution in [3.63, 3.8) is 0 Å². The molecule has 0 fully saturated rings. The van der Waals surface area contributed by atoms with Gasteiger partial charge in [-0.2, -0.15) is 8.78 Å². The second-order valence-corrected chi connectivity index (χ2v) is 4.23. The van der Waals surface area contributed by atoms with Crippen LogP contribution in [-0.2, 0) is 13.1 Å². The van der Waals surface area contributed by atoms with E-state index in [1.54, 1.807) is 0 Å². The standard InChI is InChI=1S/C14H15F3N2O/c1-2-19-6-5-10(9-19)8-18-11-3-4-13(12(15)7-11)20-14(16)17/h3-7,9,14,18H,2,8H2,1H3. The van der Waals surface area contributed by atoms with Gasteiger partial charge < -0.3 is 14.6 Å². The highest BCUT2D eigenvalue weighted by atomic mass is 19.3. The van der Waals surface area contributed by atoms with Crippen LogP contribution in [-0.4, -0.2) is 11.2 Å². The molecule has 108 valence electrons. The Morgan fingerprint density at radius 1 is 1.30 bits per heavy atom. The molecule has 1 heterocycles. The normalized spacial score (nSPS) is 10.8. The summed E-state index contributed by atoms with van der Waals surface area (Å²) in [6.07, 6.45) is 3.94. The fourth-order valence-electron chi connectivity index (χ4n) is 1.80. The van der Waals surface area contributed by atoms with Crippen LogP contribution in [0.2, 0.25) is 0 Å². The Kier molecular flexibility index (Phi) is 4.55. The smallest absolute Gasteiger partial charge is 0.387 e. The summed E-state index contributed by atoms with van der Waals surface area (Å²) in [7, 11) is 0. The van der Waals surface area contributed by atoms with E-state index < -0.39 is 18.2 Å². The van der Waals surface area contributed by atoms with Crippen molar-refractivity contribution in [2.24, 2.45) is 0 Å². The Bertz CT molecular complexity index is 569. The first-order valence-corrected chi connectivity index (χ1v) is 6.21. The molecule has 0 atom stereocenters. The monoisotopic (exact) mass is 284 g/mol. The topological polar surface area (TPSA) is 26.2 Å². The van der Waals surface area contributed by atoms with Gasteiger partial charge in [0.15, 0.2) is 11.6 Å². The molecule has 0 aliphatic rings. The maximum absolute atomic E-state index is 13.5. The van der Waals surface area contributed by atoms with Gasteiger partial charge in [-0.15, -0.1) is 0 Å². The van der Waals surface area contributed by atoms with E-state index in [1.165, 1.54) is 12.1 Å². The van der Waals surface area contributed by atoms with Gasteiger partial charge in [0.25, 0.3) is 0 Å². The molecule has 2 aromatic rings. The van der Waals surface area contributed by atoms with Crippen molar-refractivity contribution in [1.29, 1.82) is 0 Å². The number of ether oxygens (including phenoxy) is 1. The van der Waals surface area contributed by atoms with Crippen LogP contribution in [0.5, 0.6) is 5.75 Å². The van der Waals surface area contributed by atoms with Crippen molar-refractivity contribution in [1.82, 2.24) is 4.57 Å². The van der Waals surface area contributed by atoms with E-state index in [1.807, 2.05) is 30.0 Å². The fourth-order valence-corrected chi connectivity index (χ4v) is 1.80. The van der Waals surface area contributed by atoms with Gasteiger partial charge >= 0.3 is 6.61 Å². The summed E-state index contributed by atoms with van der Waals surface area (Å²) < 4.78 is 43.6. The van der Waals surface area contributed by atoms with Crippen LogP contribution >= 0.6 is 0 Å². The lowest BCUT2D eigenvalue weighted by molar-refractivity contribution is -0.0521. The van der Waals surface area contributed by atoms with Crippen molar-refractivity contribution in [3.05, 3.63) is 48.0 Å². The number of hydrogen-bond donors (Lipinski definition) is 1. The average Bonchev–Trinajstić information content (AvgIpc) is 2.87. The Morgan fingerprint density at radius 3 is 2.70 bits per heavy atom. The van der Waals surface area contributed by atoms with E-state index in [4.69, 9.17) is 0 Å². The first kappa shape index (κ1) is 14.3.